The van der Waals surface area contributed by atoms with Crippen molar-refractivity contribution in [3.05, 3.63) is 53.1 Å². The van der Waals surface area contributed by atoms with E-state index >= 15 is 0 Å². The highest BCUT2D eigenvalue weighted by Gasteiger charge is 2.12. The number of carbonyl (C=O) groups is 1. The number of nitrogens with one attached hydrogen (secondary N) is 2. The number of guanidine groups is 1. The molecule has 0 fully saturated rings. The molecule has 168 valence electrons. The number of anilines is 1. The number of rotatable bonds is 6. The van der Waals surface area contributed by atoms with Crippen molar-refractivity contribution in [3.63, 3.8) is 0 Å². The summed E-state index contributed by atoms with van der Waals surface area (Å²) in [6.07, 6.45) is 1.62. The Kier molecular flexibility index (Phi) is 10.2. The smallest absolute Gasteiger partial charge is 0.243 e. The first-order chi connectivity index (χ1) is 14.5. The Morgan fingerprint density at radius 2 is 1.90 bits per heavy atom. The van der Waals surface area contributed by atoms with Gasteiger partial charge < -0.3 is 25.0 Å². The SMILES string of the molecule is CN(C)C(=O)CN=C(NCCc1cccc(Cl)c1)Nc1ccc2c(c1)OCCCO2.I. The van der Waals surface area contributed by atoms with Crippen LogP contribution in [0.15, 0.2) is 47.5 Å². The van der Waals surface area contributed by atoms with E-state index in [0.717, 1.165) is 29.8 Å². The minimum absolute atomic E-state index is 0. The Hall–Kier alpha value is -2.20. The minimum Gasteiger partial charge on any atom is -0.490 e. The zero-order valence-electron chi connectivity index (χ0n) is 17.7. The summed E-state index contributed by atoms with van der Waals surface area (Å²) in [5.74, 6) is 1.86. The number of likely N-dealkylation sites (N-methyl/N-ethyl adjacent to an activating group) is 1. The number of carbonyl (C=O) groups excluding carboxylic acids is 1. The predicted octanol–water partition coefficient (Wildman–Crippen LogP) is 3.81. The van der Waals surface area contributed by atoms with Crippen molar-refractivity contribution in [1.29, 1.82) is 0 Å². The first-order valence-electron chi connectivity index (χ1n) is 9.91. The van der Waals surface area contributed by atoms with Crippen molar-refractivity contribution >= 4 is 53.1 Å². The molecule has 0 radical (unpaired) electrons. The van der Waals surface area contributed by atoms with E-state index in [1.807, 2.05) is 42.5 Å². The largest absolute Gasteiger partial charge is 0.490 e. The molecule has 1 aliphatic heterocycles. The molecule has 2 N–H and O–H groups in total. The van der Waals surface area contributed by atoms with Crippen molar-refractivity contribution in [2.75, 3.05) is 45.7 Å². The lowest BCUT2D eigenvalue weighted by Crippen LogP contribution is -2.34. The normalized spacial score (nSPS) is 12.9. The molecule has 0 saturated carbocycles. The van der Waals surface area contributed by atoms with Crippen LogP contribution >= 0.6 is 35.6 Å². The lowest BCUT2D eigenvalue weighted by Gasteiger charge is -2.15. The maximum absolute atomic E-state index is 12.0. The summed E-state index contributed by atoms with van der Waals surface area (Å²) in [6, 6.07) is 13.4. The maximum Gasteiger partial charge on any atom is 0.243 e. The van der Waals surface area contributed by atoms with Crippen molar-refractivity contribution in [3.8, 4) is 11.5 Å². The van der Waals surface area contributed by atoms with E-state index in [2.05, 4.69) is 15.6 Å². The van der Waals surface area contributed by atoms with E-state index < -0.39 is 0 Å². The first kappa shape index (κ1) is 25.1. The Morgan fingerprint density at radius 1 is 1.13 bits per heavy atom. The molecule has 2 aromatic rings. The minimum atomic E-state index is -0.0791. The topological polar surface area (TPSA) is 75.2 Å². The number of amides is 1. The summed E-state index contributed by atoms with van der Waals surface area (Å²) < 4.78 is 11.4. The van der Waals surface area contributed by atoms with Gasteiger partial charge in [0.1, 0.15) is 6.54 Å². The number of benzene rings is 2. The van der Waals surface area contributed by atoms with Gasteiger partial charge in [-0.1, -0.05) is 23.7 Å². The van der Waals surface area contributed by atoms with Crippen LogP contribution in [0.25, 0.3) is 0 Å². The predicted molar refractivity (Wildman–Crippen MR) is 135 cm³/mol. The van der Waals surface area contributed by atoms with Crippen LogP contribution in [-0.4, -0.2) is 57.2 Å². The standard InChI is InChI=1S/C22H27ClN4O3.HI/c1-27(2)21(28)15-25-22(24-10-9-16-5-3-6-17(23)13-16)26-18-7-8-19-20(14-18)30-12-4-11-29-19;/h3,5-8,13-14H,4,9-12,15H2,1-2H3,(H2,24,25,26);1H. The number of hydrogen-bond donors (Lipinski definition) is 2. The molecule has 0 spiro atoms. The monoisotopic (exact) mass is 558 g/mol. The van der Waals surface area contributed by atoms with Gasteiger partial charge >= 0.3 is 0 Å². The Morgan fingerprint density at radius 3 is 2.65 bits per heavy atom. The Balaban J connectivity index is 0.00000341. The van der Waals surface area contributed by atoms with E-state index in [4.69, 9.17) is 21.1 Å². The Bertz CT molecular complexity index is 908. The summed E-state index contributed by atoms with van der Waals surface area (Å²) >= 11 is 6.06. The third-order valence-corrected chi connectivity index (χ3v) is 4.71. The fourth-order valence-corrected chi connectivity index (χ4v) is 3.04. The van der Waals surface area contributed by atoms with E-state index in [0.29, 0.717) is 36.5 Å². The van der Waals surface area contributed by atoms with Crippen LogP contribution in [0, 0.1) is 0 Å². The molecule has 3 rings (SSSR count). The molecular formula is C22H28ClIN4O3. The second-order valence-electron chi connectivity index (χ2n) is 7.10. The van der Waals surface area contributed by atoms with Crippen molar-refractivity contribution in [2.24, 2.45) is 4.99 Å². The van der Waals surface area contributed by atoms with Crippen molar-refractivity contribution in [2.45, 2.75) is 12.8 Å². The molecule has 0 unspecified atom stereocenters. The van der Waals surface area contributed by atoms with E-state index in [1.165, 1.54) is 4.90 Å². The van der Waals surface area contributed by atoms with Gasteiger partial charge in [0.25, 0.3) is 0 Å². The van der Waals surface area contributed by atoms with Gasteiger partial charge in [-0.05, 0) is 36.2 Å². The third-order valence-electron chi connectivity index (χ3n) is 4.48. The molecule has 2 aromatic carbocycles. The molecule has 0 atom stereocenters. The number of nitrogens with zero attached hydrogens (tertiary/aromatic N) is 2. The van der Waals surface area contributed by atoms with Gasteiger partial charge in [-0.2, -0.15) is 0 Å². The summed E-state index contributed by atoms with van der Waals surface area (Å²) in [4.78, 5) is 17.9. The molecule has 7 nitrogen and oxygen atoms in total. The average Bonchev–Trinajstić information content (AvgIpc) is 2.96. The van der Waals surface area contributed by atoms with Crippen LogP contribution in [0.4, 0.5) is 5.69 Å². The van der Waals surface area contributed by atoms with Crippen LogP contribution in [0.3, 0.4) is 0 Å². The third kappa shape index (κ3) is 8.10. The fraction of sp³-hybridized carbons (Fsp3) is 0.364. The molecule has 0 saturated heterocycles. The van der Waals surface area contributed by atoms with E-state index in [9.17, 15) is 4.79 Å². The second-order valence-corrected chi connectivity index (χ2v) is 7.53. The average molecular weight is 559 g/mol. The molecule has 0 aromatic heterocycles. The van der Waals surface area contributed by atoms with Crippen LogP contribution in [0.1, 0.15) is 12.0 Å². The van der Waals surface area contributed by atoms with Gasteiger partial charge in [-0.3, -0.25) is 4.79 Å². The molecule has 0 aliphatic carbocycles. The van der Waals surface area contributed by atoms with Crippen LogP contribution in [-0.2, 0) is 11.2 Å². The molecule has 0 bridgehead atoms. The molecule has 31 heavy (non-hydrogen) atoms. The summed E-state index contributed by atoms with van der Waals surface area (Å²) in [5.41, 5.74) is 1.92. The van der Waals surface area contributed by atoms with E-state index in [-0.39, 0.29) is 36.4 Å². The zero-order chi connectivity index (χ0) is 21.3. The highest BCUT2D eigenvalue weighted by atomic mass is 127. The molecule has 1 heterocycles. The summed E-state index contributed by atoms with van der Waals surface area (Å²) in [7, 11) is 3.42. The van der Waals surface area contributed by atoms with Gasteiger partial charge in [0.05, 0.1) is 13.2 Å². The number of halogens is 2. The highest BCUT2D eigenvalue weighted by molar-refractivity contribution is 14.0. The van der Waals surface area contributed by atoms with Crippen LogP contribution in [0.2, 0.25) is 5.02 Å². The maximum atomic E-state index is 12.0. The van der Waals surface area contributed by atoms with Crippen LogP contribution < -0.4 is 20.1 Å². The number of aliphatic imine (C=N–C) groups is 1. The summed E-state index contributed by atoms with van der Waals surface area (Å²) in [5, 5.41) is 7.24. The first-order valence-corrected chi connectivity index (χ1v) is 10.3. The highest BCUT2D eigenvalue weighted by Crippen LogP contribution is 2.32. The molecular weight excluding hydrogens is 531 g/mol. The lowest BCUT2D eigenvalue weighted by molar-refractivity contribution is -0.127. The van der Waals surface area contributed by atoms with Gasteiger partial charge in [-0.15, -0.1) is 24.0 Å². The van der Waals surface area contributed by atoms with Crippen molar-refractivity contribution in [1.82, 2.24) is 10.2 Å². The van der Waals surface area contributed by atoms with E-state index in [1.54, 1.807) is 14.1 Å². The van der Waals surface area contributed by atoms with Crippen molar-refractivity contribution < 1.29 is 14.3 Å². The number of hydrogen-bond acceptors (Lipinski definition) is 4. The zero-order valence-corrected chi connectivity index (χ0v) is 20.8. The number of fused-ring (bicyclic) bond motifs is 1. The fourth-order valence-electron chi connectivity index (χ4n) is 2.82. The number of ether oxygens (including phenoxy) is 2. The van der Waals surface area contributed by atoms with Crippen LogP contribution in [0.5, 0.6) is 11.5 Å². The second kappa shape index (κ2) is 12.6. The molecule has 9 heteroatoms. The molecule has 1 aliphatic rings. The Labute approximate surface area is 205 Å². The lowest BCUT2D eigenvalue weighted by atomic mass is 10.1. The molecule has 1 amide bonds. The van der Waals surface area contributed by atoms with Gasteiger partial charge in [0.15, 0.2) is 17.5 Å². The van der Waals surface area contributed by atoms with Gasteiger partial charge in [0, 0.05) is 43.8 Å². The quantitative estimate of drug-likeness (QED) is 0.321. The van der Waals surface area contributed by atoms with Gasteiger partial charge in [-0.25, -0.2) is 4.99 Å². The summed E-state index contributed by atoms with van der Waals surface area (Å²) in [6.45, 7) is 1.94. The van der Waals surface area contributed by atoms with Gasteiger partial charge in [0.2, 0.25) is 5.91 Å².